The minimum Gasteiger partial charge on any atom is -0.468 e. The Morgan fingerprint density at radius 2 is 2.11 bits per heavy atom. The van der Waals surface area contributed by atoms with E-state index in [2.05, 4.69) is 10.1 Å². The van der Waals surface area contributed by atoms with Gasteiger partial charge in [-0.05, 0) is 32.2 Å². The van der Waals surface area contributed by atoms with Crippen LogP contribution in [0, 0.1) is 11.8 Å². The normalized spacial score (nSPS) is 31.3. The van der Waals surface area contributed by atoms with Crippen LogP contribution in [0.4, 0.5) is 0 Å². The Kier molecular flexibility index (Phi) is 3.42. The Morgan fingerprint density at radius 3 is 2.67 bits per heavy atom. The van der Waals surface area contributed by atoms with Gasteiger partial charge in [-0.2, -0.15) is 4.31 Å². The molecular formula is C11H20N2O4S. The molecule has 0 radical (unpaired) electrons. The fourth-order valence-electron chi connectivity index (χ4n) is 3.14. The molecule has 1 N–H and O–H groups in total. The van der Waals surface area contributed by atoms with Crippen LogP contribution in [0.2, 0.25) is 0 Å². The summed E-state index contributed by atoms with van der Waals surface area (Å²) in [6.45, 7) is 6.03. The fraction of sp³-hybridized carbons (Fsp3) is 0.909. The maximum absolute atomic E-state index is 12.3. The lowest BCUT2D eigenvalue weighted by Crippen LogP contribution is -2.49. The minimum absolute atomic E-state index is 0.310. The average molecular weight is 276 g/mol. The van der Waals surface area contributed by atoms with Gasteiger partial charge in [-0.3, -0.25) is 4.79 Å². The molecule has 2 saturated heterocycles. The molecule has 0 bridgehead atoms. The molecule has 2 unspecified atom stereocenters. The van der Waals surface area contributed by atoms with Gasteiger partial charge in [0.25, 0.3) is 0 Å². The van der Waals surface area contributed by atoms with Gasteiger partial charge >= 0.3 is 5.97 Å². The number of nitrogens with one attached hydrogen (secondary N) is 1. The lowest BCUT2D eigenvalue weighted by Gasteiger charge is -2.34. The molecule has 0 aromatic heterocycles. The quantitative estimate of drug-likeness (QED) is 0.698. The van der Waals surface area contributed by atoms with Crippen molar-refractivity contribution in [3.63, 3.8) is 0 Å². The van der Waals surface area contributed by atoms with Crippen LogP contribution in [0.3, 0.4) is 0 Å². The molecule has 6 nitrogen and oxygen atoms in total. The van der Waals surface area contributed by atoms with Crippen LogP contribution in [-0.2, 0) is 19.6 Å². The number of methoxy groups -OCH3 is 1. The van der Waals surface area contributed by atoms with Crippen molar-refractivity contribution in [2.75, 3.05) is 32.5 Å². The molecule has 0 aliphatic carbocycles. The molecule has 0 amide bonds. The van der Waals surface area contributed by atoms with Crippen molar-refractivity contribution in [3.8, 4) is 0 Å². The maximum Gasteiger partial charge on any atom is 0.322 e. The zero-order valence-corrected chi connectivity index (χ0v) is 11.8. The Hall–Kier alpha value is -0.660. The van der Waals surface area contributed by atoms with Gasteiger partial charge in [-0.1, -0.05) is 0 Å². The summed E-state index contributed by atoms with van der Waals surface area (Å²) in [5.74, 6) is -0.627. The van der Waals surface area contributed by atoms with Crippen molar-refractivity contribution in [1.29, 1.82) is 0 Å². The molecule has 0 saturated carbocycles. The molecule has 2 aliphatic rings. The number of hydrogen-bond donors (Lipinski definition) is 1. The highest BCUT2D eigenvalue weighted by molar-refractivity contribution is 7.89. The third-order valence-electron chi connectivity index (χ3n) is 4.15. The minimum atomic E-state index is -3.59. The Labute approximate surface area is 108 Å². The summed E-state index contributed by atoms with van der Waals surface area (Å²) in [6, 6.07) is 0. The molecule has 2 atom stereocenters. The van der Waals surface area contributed by atoms with Crippen LogP contribution < -0.4 is 5.32 Å². The van der Waals surface area contributed by atoms with Gasteiger partial charge in [0.2, 0.25) is 10.0 Å². The SMILES string of the molecule is COC(=O)CS(=O)(=O)N1CC2CNCC2C1(C)C. The topological polar surface area (TPSA) is 75.7 Å². The van der Waals surface area contributed by atoms with Crippen molar-refractivity contribution < 1.29 is 17.9 Å². The smallest absolute Gasteiger partial charge is 0.322 e. The second kappa shape index (κ2) is 4.47. The number of hydrogen-bond acceptors (Lipinski definition) is 5. The first-order valence-corrected chi connectivity index (χ1v) is 7.68. The summed E-state index contributed by atoms with van der Waals surface area (Å²) in [5, 5.41) is 3.29. The first kappa shape index (κ1) is 13.8. The van der Waals surface area contributed by atoms with E-state index in [0.29, 0.717) is 18.4 Å². The molecule has 0 spiro atoms. The van der Waals surface area contributed by atoms with E-state index in [1.165, 1.54) is 11.4 Å². The van der Waals surface area contributed by atoms with Crippen LogP contribution >= 0.6 is 0 Å². The molecule has 2 heterocycles. The van der Waals surface area contributed by atoms with Crippen LogP contribution in [0.15, 0.2) is 0 Å². The number of esters is 1. The van der Waals surface area contributed by atoms with E-state index in [9.17, 15) is 13.2 Å². The van der Waals surface area contributed by atoms with Gasteiger partial charge in [0.05, 0.1) is 7.11 Å². The van der Waals surface area contributed by atoms with Gasteiger partial charge in [0.1, 0.15) is 0 Å². The summed E-state index contributed by atoms with van der Waals surface area (Å²) in [5.41, 5.74) is -0.443. The van der Waals surface area contributed by atoms with Gasteiger partial charge in [-0.15, -0.1) is 0 Å². The fourth-order valence-corrected chi connectivity index (χ4v) is 4.99. The maximum atomic E-state index is 12.3. The monoisotopic (exact) mass is 276 g/mol. The number of nitrogens with zero attached hydrogens (tertiary/aromatic N) is 1. The third kappa shape index (κ3) is 2.15. The number of ether oxygens (including phenoxy) is 1. The first-order chi connectivity index (χ1) is 8.29. The summed E-state index contributed by atoms with van der Waals surface area (Å²) < 4.78 is 30.4. The van der Waals surface area contributed by atoms with Crippen LogP contribution in [-0.4, -0.2) is 56.7 Å². The predicted molar refractivity (Wildman–Crippen MR) is 66.4 cm³/mol. The predicted octanol–water partition coefficient (Wildman–Crippen LogP) is -0.581. The lowest BCUT2D eigenvalue weighted by atomic mass is 9.85. The second-order valence-electron chi connectivity index (χ2n) is 5.54. The van der Waals surface area contributed by atoms with E-state index < -0.39 is 27.3 Å². The van der Waals surface area contributed by atoms with E-state index in [1.807, 2.05) is 13.8 Å². The van der Waals surface area contributed by atoms with Crippen LogP contribution in [0.5, 0.6) is 0 Å². The van der Waals surface area contributed by atoms with Gasteiger partial charge in [0, 0.05) is 18.6 Å². The van der Waals surface area contributed by atoms with E-state index in [1.54, 1.807) is 0 Å². The van der Waals surface area contributed by atoms with E-state index in [-0.39, 0.29) is 0 Å². The number of fused-ring (bicyclic) bond motifs is 1. The van der Waals surface area contributed by atoms with E-state index in [0.717, 1.165) is 13.1 Å². The van der Waals surface area contributed by atoms with E-state index >= 15 is 0 Å². The Balaban J connectivity index is 2.21. The standard InChI is InChI=1S/C11H20N2O4S/c1-11(2)9-5-12-4-8(9)6-13(11)18(15,16)7-10(14)17-3/h8-9,12H,4-7H2,1-3H3. The highest BCUT2D eigenvalue weighted by atomic mass is 32.2. The van der Waals surface area contributed by atoms with Crippen LogP contribution in [0.25, 0.3) is 0 Å². The molecule has 104 valence electrons. The highest BCUT2D eigenvalue weighted by Gasteiger charge is 2.53. The molecule has 18 heavy (non-hydrogen) atoms. The zero-order valence-electron chi connectivity index (χ0n) is 11.0. The van der Waals surface area contributed by atoms with Gasteiger partial charge in [0.15, 0.2) is 5.75 Å². The van der Waals surface area contributed by atoms with Crippen molar-refractivity contribution in [1.82, 2.24) is 9.62 Å². The molecule has 2 fully saturated rings. The van der Waals surface area contributed by atoms with Crippen molar-refractivity contribution >= 4 is 16.0 Å². The highest BCUT2D eigenvalue weighted by Crippen LogP contribution is 2.42. The van der Waals surface area contributed by atoms with Gasteiger partial charge < -0.3 is 10.1 Å². The number of carbonyl (C=O) groups excluding carboxylic acids is 1. The van der Waals surface area contributed by atoms with Crippen molar-refractivity contribution in [2.45, 2.75) is 19.4 Å². The largest absolute Gasteiger partial charge is 0.468 e. The second-order valence-corrected chi connectivity index (χ2v) is 7.44. The molecule has 2 rings (SSSR count). The number of rotatable bonds is 3. The number of carbonyl (C=O) groups is 1. The molecular weight excluding hydrogens is 256 g/mol. The lowest BCUT2D eigenvalue weighted by molar-refractivity contribution is -0.137. The van der Waals surface area contributed by atoms with E-state index in [4.69, 9.17) is 0 Å². The van der Waals surface area contributed by atoms with Gasteiger partial charge in [-0.25, -0.2) is 8.42 Å². The molecule has 7 heteroatoms. The first-order valence-electron chi connectivity index (χ1n) is 6.07. The summed E-state index contributed by atoms with van der Waals surface area (Å²) in [4.78, 5) is 11.2. The summed E-state index contributed by atoms with van der Waals surface area (Å²) in [7, 11) is -2.39. The molecule has 0 aromatic rings. The van der Waals surface area contributed by atoms with Crippen molar-refractivity contribution in [3.05, 3.63) is 0 Å². The summed E-state index contributed by atoms with van der Waals surface area (Å²) in [6.07, 6.45) is 0. The summed E-state index contributed by atoms with van der Waals surface area (Å²) >= 11 is 0. The Morgan fingerprint density at radius 1 is 1.44 bits per heavy atom. The third-order valence-corrected chi connectivity index (χ3v) is 6.05. The number of sulfonamides is 1. The zero-order chi connectivity index (χ0) is 13.6. The average Bonchev–Trinajstić information content (AvgIpc) is 2.80. The molecule has 0 aromatic carbocycles. The van der Waals surface area contributed by atoms with Crippen molar-refractivity contribution in [2.24, 2.45) is 11.8 Å². The Bertz CT molecular complexity index is 446. The van der Waals surface area contributed by atoms with Crippen LogP contribution in [0.1, 0.15) is 13.8 Å². The molecule has 2 aliphatic heterocycles.